The quantitative estimate of drug-likeness (QED) is 0.751. The number of amides is 2. The maximum Gasteiger partial charge on any atom is 0.229 e. The fourth-order valence-electron chi connectivity index (χ4n) is 3.01. The predicted octanol–water partition coefficient (Wildman–Crippen LogP) is 1.00. The van der Waals surface area contributed by atoms with Gasteiger partial charge in [0, 0.05) is 64.9 Å². The van der Waals surface area contributed by atoms with E-state index in [4.69, 9.17) is 11.6 Å². The van der Waals surface area contributed by atoms with Crippen LogP contribution in [0.2, 0.25) is 5.02 Å². The Hall–Kier alpha value is -1.50. The predicted molar refractivity (Wildman–Crippen MR) is 86.9 cm³/mol. The number of piperazine rings is 1. The number of carbonyl (C=O) groups is 2. The number of nitrogens with zero attached hydrogens (tertiary/aromatic N) is 4. The molecule has 0 aliphatic carbocycles. The molecule has 1 aromatic rings. The van der Waals surface area contributed by atoms with Crippen molar-refractivity contribution in [2.24, 2.45) is 0 Å². The molecule has 6 nitrogen and oxygen atoms in total. The molecule has 23 heavy (non-hydrogen) atoms. The minimum atomic E-state index is -0.0255. The van der Waals surface area contributed by atoms with E-state index in [1.165, 1.54) is 4.90 Å². The Kier molecular flexibility index (Phi) is 5.25. The number of halogens is 1. The molecule has 2 amide bonds. The molecule has 1 aromatic heterocycles. The maximum atomic E-state index is 11.6. The first-order chi connectivity index (χ1) is 11.1. The molecule has 0 saturated carbocycles. The van der Waals surface area contributed by atoms with Crippen LogP contribution < -0.4 is 0 Å². The number of imide groups is 1. The number of likely N-dealkylation sites (tertiary alicyclic amines) is 1. The molecule has 0 aromatic carbocycles. The topological polar surface area (TPSA) is 56.8 Å². The SMILES string of the molecule is O=C1CCC(=O)N1CCN1CCN(Cc2ccc(Cl)cn2)CC1. The van der Waals surface area contributed by atoms with Gasteiger partial charge >= 0.3 is 0 Å². The van der Waals surface area contributed by atoms with Crippen molar-refractivity contribution in [3.63, 3.8) is 0 Å². The van der Waals surface area contributed by atoms with Gasteiger partial charge in [-0.25, -0.2) is 0 Å². The van der Waals surface area contributed by atoms with Crippen LogP contribution in [0.15, 0.2) is 18.3 Å². The van der Waals surface area contributed by atoms with Crippen LogP contribution in [0.4, 0.5) is 0 Å². The van der Waals surface area contributed by atoms with Gasteiger partial charge in [0.05, 0.1) is 10.7 Å². The molecule has 0 radical (unpaired) electrons. The summed E-state index contributed by atoms with van der Waals surface area (Å²) in [4.78, 5) is 33.6. The Balaban J connectivity index is 1.41. The fourth-order valence-corrected chi connectivity index (χ4v) is 3.13. The Morgan fingerprint density at radius 1 is 0.957 bits per heavy atom. The summed E-state index contributed by atoms with van der Waals surface area (Å²) in [5.41, 5.74) is 1.02. The van der Waals surface area contributed by atoms with Crippen LogP contribution >= 0.6 is 11.6 Å². The zero-order valence-electron chi connectivity index (χ0n) is 13.1. The monoisotopic (exact) mass is 336 g/mol. The van der Waals surface area contributed by atoms with Crippen molar-refractivity contribution in [1.29, 1.82) is 0 Å². The maximum absolute atomic E-state index is 11.6. The number of aromatic nitrogens is 1. The van der Waals surface area contributed by atoms with Crippen molar-refractivity contribution >= 4 is 23.4 Å². The van der Waals surface area contributed by atoms with Crippen molar-refractivity contribution in [2.45, 2.75) is 19.4 Å². The second-order valence-electron chi connectivity index (χ2n) is 6.02. The van der Waals surface area contributed by atoms with Crippen LogP contribution in [0, 0.1) is 0 Å². The van der Waals surface area contributed by atoms with Gasteiger partial charge in [-0.15, -0.1) is 0 Å². The molecule has 0 bridgehead atoms. The Bertz CT molecular complexity index is 554. The lowest BCUT2D eigenvalue weighted by atomic mass is 10.2. The third-order valence-electron chi connectivity index (χ3n) is 4.43. The normalized spacial score (nSPS) is 20.5. The van der Waals surface area contributed by atoms with E-state index in [-0.39, 0.29) is 11.8 Å². The smallest absolute Gasteiger partial charge is 0.229 e. The van der Waals surface area contributed by atoms with E-state index in [0.29, 0.717) is 24.4 Å². The zero-order valence-corrected chi connectivity index (χ0v) is 13.8. The van der Waals surface area contributed by atoms with Gasteiger partial charge in [0.1, 0.15) is 0 Å². The standard InChI is InChI=1S/C16H21ClN4O2/c17-13-1-2-14(18-11-13)12-20-7-5-19(6-8-20)9-10-21-15(22)3-4-16(21)23/h1-2,11H,3-10,12H2. The molecule has 2 aliphatic heterocycles. The minimum Gasteiger partial charge on any atom is -0.299 e. The minimum absolute atomic E-state index is 0.0255. The van der Waals surface area contributed by atoms with Gasteiger partial charge in [0.15, 0.2) is 0 Å². The van der Waals surface area contributed by atoms with Crippen LogP contribution in [0.25, 0.3) is 0 Å². The van der Waals surface area contributed by atoms with Crippen LogP contribution in [0.1, 0.15) is 18.5 Å². The first kappa shape index (κ1) is 16.4. The zero-order chi connectivity index (χ0) is 16.2. The van der Waals surface area contributed by atoms with E-state index in [1.54, 1.807) is 6.20 Å². The van der Waals surface area contributed by atoms with E-state index in [0.717, 1.165) is 45.0 Å². The molecule has 2 fully saturated rings. The van der Waals surface area contributed by atoms with Gasteiger partial charge in [0.2, 0.25) is 11.8 Å². The van der Waals surface area contributed by atoms with Gasteiger partial charge in [-0.3, -0.25) is 29.3 Å². The van der Waals surface area contributed by atoms with Crippen LogP contribution in [-0.2, 0) is 16.1 Å². The Morgan fingerprint density at radius 2 is 1.61 bits per heavy atom. The van der Waals surface area contributed by atoms with Crippen LogP contribution in [0.3, 0.4) is 0 Å². The second-order valence-corrected chi connectivity index (χ2v) is 6.46. The van der Waals surface area contributed by atoms with Crippen molar-refractivity contribution in [3.8, 4) is 0 Å². The first-order valence-corrected chi connectivity index (χ1v) is 8.38. The Labute approximate surface area is 141 Å². The highest BCUT2D eigenvalue weighted by atomic mass is 35.5. The number of hydrogen-bond donors (Lipinski definition) is 0. The molecule has 3 rings (SSSR count). The third kappa shape index (κ3) is 4.28. The van der Waals surface area contributed by atoms with Gasteiger partial charge in [0.25, 0.3) is 0 Å². The highest BCUT2D eigenvalue weighted by molar-refractivity contribution is 6.30. The summed E-state index contributed by atoms with van der Waals surface area (Å²) in [6.45, 7) is 5.95. The summed E-state index contributed by atoms with van der Waals surface area (Å²) in [5.74, 6) is -0.0510. The number of carbonyl (C=O) groups excluding carboxylic acids is 2. The number of pyridine rings is 1. The molecule has 3 heterocycles. The second kappa shape index (κ2) is 7.38. The lowest BCUT2D eigenvalue weighted by Crippen LogP contribution is -2.48. The molecule has 7 heteroatoms. The highest BCUT2D eigenvalue weighted by Gasteiger charge is 2.29. The molecular weight excluding hydrogens is 316 g/mol. The molecule has 2 aliphatic rings. The lowest BCUT2D eigenvalue weighted by molar-refractivity contribution is -0.138. The summed E-state index contributed by atoms with van der Waals surface area (Å²) in [6.07, 6.45) is 2.43. The van der Waals surface area contributed by atoms with Gasteiger partial charge in [-0.1, -0.05) is 11.6 Å². The summed E-state index contributed by atoms with van der Waals surface area (Å²) >= 11 is 5.85. The van der Waals surface area contributed by atoms with Crippen molar-refractivity contribution < 1.29 is 9.59 Å². The Morgan fingerprint density at radius 3 is 2.22 bits per heavy atom. The summed E-state index contributed by atoms with van der Waals surface area (Å²) in [5, 5.41) is 0.657. The summed E-state index contributed by atoms with van der Waals surface area (Å²) in [7, 11) is 0. The van der Waals surface area contributed by atoms with Gasteiger partial charge in [-0.05, 0) is 12.1 Å². The first-order valence-electron chi connectivity index (χ1n) is 8.00. The van der Waals surface area contributed by atoms with E-state index in [2.05, 4.69) is 14.8 Å². The average Bonchev–Trinajstić information content (AvgIpc) is 2.88. The molecule has 0 N–H and O–H groups in total. The molecule has 124 valence electrons. The van der Waals surface area contributed by atoms with Crippen molar-refractivity contribution in [1.82, 2.24) is 19.7 Å². The lowest BCUT2D eigenvalue weighted by Gasteiger charge is -2.35. The number of rotatable bonds is 5. The van der Waals surface area contributed by atoms with Crippen LogP contribution in [0.5, 0.6) is 0 Å². The van der Waals surface area contributed by atoms with Gasteiger partial charge < -0.3 is 0 Å². The van der Waals surface area contributed by atoms with Gasteiger partial charge in [-0.2, -0.15) is 0 Å². The fraction of sp³-hybridized carbons (Fsp3) is 0.562. The van der Waals surface area contributed by atoms with E-state index in [9.17, 15) is 9.59 Å². The summed E-state index contributed by atoms with van der Waals surface area (Å²) in [6, 6.07) is 3.82. The highest BCUT2D eigenvalue weighted by Crippen LogP contribution is 2.13. The molecule has 2 saturated heterocycles. The van der Waals surface area contributed by atoms with Crippen molar-refractivity contribution in [3.05, 3.63) is 29.0 Å². The van der Waals surface area contributed by atoms with E-state index < -0.39 is 0 Å². The van der Waals surface area contributed by atoms with E-state index >= 15 is 0 Å². The third-order valence-corrected chi connectivity index (χ3v) is 4.66. The number of hydrogen-bond acceptors (Lipinski definition) is 5. The van der Waals surface area contributed by atoms with E-state index in [1.807, 2.05) is 12.1 Å². The molecular formula is C16H21ClN4O2. The molecule has 0 unspecified atom stereocenters. The summed E-state index contributed by atoms with van der Waals surface area (Å²) < 4.78 is 0. The molecule has 0 spiro atoms. The average molecular weight is 337 g/mol. The largest absolute Gasteiger partial charge is 0.299 e. The van der Waals surface area contributed by atoms with Crippen molar-refractivity contribution in [2.75, 3.05) is 39.3 Å². The van der Waals surface area contributed by atoms with Crippen LogP contribution in [-0.4, -0.2) is 70.8 Å². The molecule has 0 atom stereocenters.